The van der Waals surface area contributed by atoms with Crippen molar-refractivity contribution in [3.05, 3.63) is 58.8 Å². The van der Waals surface area contributed by atoms with Gasteiger partial charge in [0.25, 0.3) is 0 Å². The van der Waals surface area contributed by atoms with Crippen LogP contribution in [0, 0.1) is 0 Å². The first-order valence-corrected chi connectivity index (χ1v) is 10.2. The Labute approximate surface area is 150 Å². The summed E-state index contributed by atoms with van der Waals surface area (Å²) in [6.45, 7) is 2.17. The number of furan rings is 1. The minimum absolute atomic E-state index is 0.195. The van der Waals surface area contributed by atoms with Crippen LogP contribution in [-0.4, -0.2) is 26.4 Å². The van der Waals surface area contributed by atoms with Crippen molar-refractivity contribution in [2.24, 2.45) is 0 Å². The SMILES string of the molecule is O=S(=O)(c1cccc(Cl)c1)c1ccc2c3c(oc2c1)C1CCN1CC3. The van der Waals surface area contributed by atoms with Gasteiger partial charge in [-0.05, 0) is 43.2 Å². The molecule has 128 valence electrons. The van der Waals surface area contributed by atoms with Gasteiger partial charge < -0.3 is 4.42 Å². The number of sulfone groups is 1. The lowest BCUT2D eigenvalue weighted by molar-refractivity contribution is 0.0638. The van der Waals surface area contributed by atoms with E-state index in [1.165, 1.54) is 11.6 Å². The molecule has 25 heavy (non-hydrogen) atoms. The van der Waals surface area contributed by atoms with Gasteiger partial charge in [0, 0.05) is 35.1 Å². The van der Waals surface area contributed by atoms with Gasteiger partial charge in [-0.1, -0.05) is 17.7 Å². The van der Waals surface area contributed by atoms with Gasteiger partial charge in [-0.3, -0.25) is 4.90 Å². The molecule has 1 unspecified atom stereocenters. The van der Waals surface area contributed by atoms with Crippen molar-refractivity contribution in [2.75, 3.05) is 13.1 Å². The van der Waals surface area contributed by atoms with Crippen LogP contribution in [0.2, 0.25) is 5.02 Å². The first-order chi connectivity index (χ1) is 12.0. The maximum absolute atomic E-state index is 12.9. The van der Waals surface area contributed by atoms with Gasteiger partial charge >= 0.3 is 0 Å². The summed E-state index contributed by atoms with van der Waals surface area (Å²) in [5.41, 5.74) is 1.89. The molecule has 1 saturated heterocycles. The summed E-state index contributed by atoms with van der Waals surface area (Å²) in [4.78, 5) is 2.84. The highest BCUT2D eigenvalue weighted by atomic mass is 35.5. The van der Waals surface area contributed by atoms with Crippen LogP contribution in [0.4, 0.5) is 0 Å². The van der Waals surface area contributed by atoms with Crippen LogP contribution in [-0.2, 0) is 16.3 Å². The molecule has 0 spiro atoms. The van der Waals surface area contributed by atoms with Crippen molar-refractivity contribution < 1.29 is 12.8 Å². The predicted molar refractivity (Wildman–Crippen MR) is 95.8 cm³/mol. The fourth-order valence-electron chi connectivity index (χ4n) is 3.87. The van der Waals surface area contributed by atoms with Gasteiger partial charge in [0.15, 0.2) is 0 Å². The lowest BCUT2D eigenvalue weighted by Gasteiger charge is -2.43. The zero-order valence-electron chi connectivity index (χ0n) is 13.4. The van der Waals surface area contributed by atoms with Crippen LogP contribution in [0.25, 0.3) is 11.0 Å². The van der Waals surface area contributed by atoms with E-state index in [4.69, 9.17) is 16.0 Å². The Morgan fingerprint density at radius 1 is 1.08 bits per heavy atom. The number of rotatable bonds is 2. The third-order valence-corrected chi connectivity index (χ3v) is 7.28. The Bertz CT molecular complexity index is 1100. The quantitative estimate of drug-likeness (QED) is 0.674. The van der Waals surface area contributed by atoms with Crippen molar-refractivity contribution >= 4 is 32.4 Å². The number of hydrogen-bond acceptors (Lipinski definition) is 4. The molecule has 0 saturated carbocycles. The highest BCUT2D eigenvalue weighted by molar-refractivity contribution is 7.91. The topological polar surface area (TPSA) is 50.5 Å². The van der Waals surface area contributed by atoms with Crippen molar-refractivity contribution in [3.63, 3.8) is 0 Å². The molecule has 4 nitrogen and oxygen atoms in total. The molecule has 3 heterocycles. The van der Waals surface area contributed by atoms with Crippen molar-refractivity contribution in [1.82, 2.24) is 4.90 Å². The summed E-state index contributed by atoms with van der Waals surface area (Å²) in [6.07, 6.45) is 2.07. The molecular formula is C19H16ClNO3S. The van der Waals surface area contributed by atoms with Crippen molar-refractivity contribution in [1.29, 1.82) is 0 Å². The van der Waals surface area contributed by atoms with Crippen LogP contribution in [0.15, 0.2) is 56.7 Å². The maximum atomic E-state index is 12.9. The average molecular weight is 374 g/mol. The van der Waals surface area contributed by atoms with E-state index >= 15 is 0 Å². The molecule has 0 N–H and O–H groups in total. The third kappa shape index (κ3) is 2.26. The van der Waals surface area contributed by atoms with E-state index in [2.05, 4.69) is 4.90 Å². The first kappa shape index (κ1) is 15.4. The monoisotopic (exact) mass is 373 g/mol. The molecule has 0 bridgehead atoms. The van der Waals surface area contributed by atoms with Crippen LogP contribution in [0.1, 0.15) is 23.8 Å². The Morgan fingerprint density at radius 2 is 1.92 bits per heavy atom. The van der Waals surface area contributed by atoms with E-state index in [-0.39, 0.29) is 9.79 Å². The van der Waals surface area contributed by atoms with E-state index in [1.54, 1.807) is 30.3 Å². The molecule has 0 aliphatic carbocycles. The van der Waals surface area contributed by atoms with Gasteiger partial charge in [0.2, 0.25) is 9.84 Å². The van der Waals surface area contributed by atoms with E-state index in [0.717, 1.165) is 37.1 Å². The summed E-state index contributed by atoms with van der Waals surface area (Å²) < 4.78 is 31.9. The van der Waals surface area contributed by atoms with Crippen LogP contribution in [0.3, 0.4) is 0 Å². The van der Waals surface area contributed by atoms with Crippen molar-refractivity contribution in [2.45, 2.75) is 28.7 Å². The second kappa shape index (κ2) is 5.34. The van der Waals surface area contributed by atoms with Gasteiger partial charge in [-0.2, -0.15) is 0 Å². The van der Waals surface area contributed by atoms with Gasteiger partial charge in [-0.25, -0.2) is 8.42 Å². The molecule has 1 fully saturated rings. The summed E-state index contributed by atoms with van der Waals surface area (Å²) >= 11 is 5.95. The fourth-order valence-corrected chi connectivity index (χ4v) is 5.45. The molecule has 1 aromatic heterocycles. The normalized spacial score (nSPS) is 20.1. The molecule has 3 aromatic rings. The highest BCUT2D eigenvalue weighted by Gasteiger charge is 2.38. The second-order valence-electron chi connectivity index (χ2n) is 6.65. The lowest BCUT2D eigenvalue weighted by Crippen LogP contribution is -2.44. The molecule has 2 aliphatic rings. The number of halogens is 1. The minimum atomic E-state index is -3.62. The average Bonchev–Trinajstić information content (AvgIpc) is 2.91. The summed E-state index contributed by atoms with van der Waals surface area (Å²) in [7, 11) is -3.62. The van der Waals surface area contributed by atoms with Gasteiger partial charge in [-0.15, -0.1) is 0 Å². The fraction of sp³-hybridized carbons (Fsp3) is 0.263. The largest absolute Gasteiger partial charge is 0.459 e. The minimum Gasteiger partial charge on any atom is -0.459 e. The molecule has 2 aliphatic heterocycles. The zero-order valence-corrected chi connectivity index (χ0v) is 15.0. The Morgan fingerprint density at radius 3 is 2.68 bits per heavy atom. The highest BCUT2D eigenvalue weighted by Crippen LogP contribution is 2.43. The summed E-state index contributed by atoms with van der Waals surface area (Å²) in [5, 5.41) is 1.44. The standard InChI is InChI=1S/C19H16ClNO3S/c20-12-2-1-3-13(10-12)25(22,23)14-4-5-15-16-6-8-21-9-7-17(21)19(16)24-18(15)11-14/h1-5,10-11,17H,6-9H2. The van der Waals surface area contributed by atoms with E-state index < -0.39 is 9.84 Å². The molecule has 2 aromatic carbocycles. The lowest BCUT2D eigenvalue weighted by atomic mass is 9.90. The van der Waals surface area contributed by atoms with Crippen LogP contribution >= 0.6 is 11.6 Å². The van der Waals surface area contributed by atoms with E-state index in [9.17, 15) is 8.42 Å². The molecular weight excluding hydrogens is 358 g/mol. The Balaban J connectivity index is 1.64. The molecule has 0 amide bonds. The molecule has 5 rings (SSSR count). The number of benzene rings is 2. The zero-order chi connectivity index (χ0) is 17.2. The van der Waals surface area contributed by atoms with Gasteiger partial charge in [0.1, 0.15) is 11.3 Å². The summed E-state index contributed by atoms with van der Waals surface area (Å²) in [6, 6.07) is 11.9. The Hall–Kier alpha value is -1.82. The van der Waals surface area contributed by atoms with E-state index in [1.807, 2.05) is 6.07 Å². The number of fused-ring (bicyclic) bond motifs is 5. The summed E-state index contributed by atoms with van der Waals surface area (Å²) in [5.74, 6) is 1.02. The van der Waals surface area contributed by atoms with Gasteiger partial charge in [0.05, 0.1) is 15.8 Å². The number of hydrogen-bond donors (Lipinski definition) is 0. The molecule has 1 atom stereocenters. The molecule has 6 heteroatoms. The predicted octanol–water partition coefficient (Wildman–Crippen LogP) is 4.22. The third-order valence-electron chi connectivity index (χ3n) is 5.29. The second-order valence-corrected chi connectivity index (χ2v) is 9.04. The maximum Gasteiger partial charge on any atom is 0.206 e. The first-order valence-electron chi connectivity index (χ1n) is 8.34. The smallest absolute Gasteiger partial charge is 0.206 e. The Kier molecular flexibility index (Phi) is 3.29. The number of nitrogens with zero attached hydrogens (tertiary/aromatic N) is 1. The molecule has 0 radical (unpaired) electrons. The van der Waals surface area contributed by atoms with Crippen LogP contribution in [0.5, 0.6) is 0 Å². The van der Waals surface area contributed by atoms with E-state index in [0.29, 0.717) is 16.6 Å². The van der Waals surface area contributed by atoms with Crippen LogP contribution < -0.4 is 0 Å². The van der Waals surface area contributed by atoms with Crippen molar-refractivity contribution in [3.8, 4) is 0 Å².